The maximum atomic E-state index is 13.3. The number of carbonyl (C=O) groups excluding carboxylic acids is 3. The third-order valence-corrected chi connectivity index (χ3v) is 6.98. The van der Waals surface area contributed by atoms with E-state index < -0.39 is 43.0 Å². The van der Waals surface area contributed by atoms with Gasteiger partial charge in [0.05, 0.1) is 44.8 Å². The summed E-state index contributed by atoms with van der Waals surface area (Å²) in [5.41, 5.74) is 1.17. The second kappa shape index (κ2) is 13.8. The summed E-state index contributed by atoms with van der Waals surface area (Å²) in [5.74, 6) is -3.60. The highest BCUT2D eigenvalue weighted by Gasteiger charge is 2.41. The summed E-state index contributed by atoms with van der Waals surface area (Å²) in [5, 5.41) is 5.65. The number of ether oxygens (including phenoxy) is 3. The number of carbonyl (C=O) groups is 3. The van der Waals surface area contributed by atoms with Gasteiger partial charge in [-0.05, 0) is 36.6 Å². The number of allylic oxidation sites excluding steroid dienone is 1. The molecule has 13 heteroatoms. The zero-order valence-corrected chi connectivity index (χ0v) is 23.8. The number of anilines is 1. The maximum Gasteiger partial charge on any atom is 0.405 e. The fourth-order valence-corrected chi connectivity index (χ4v) is 5.12. The number of dihydropyridines is 1. The van der Waals surface area contributed by atoms with Gasteiger partial charge in [0, 0.05) is 32.7 Å². The predicted octanol–water partition coefficient (Wildman–Crippen LogP) is 5.70. The van der Waals surface area contributed by atoms with Gasteiger partial charge >= 0.3 is 24.1 Å². The summed E-state index contributed by atoms with van der Waals surface area (Å²) in [7, 11) is 3.46. The van der Waals surface area contributed by atoms with Crippen molar-refractivity contribution in [1.29, 1.82) is 0 Å². The number of benzene rings is 2. The number of aryl methyl sites for hydroxylation is 1. The van der Waals surface area contributed by atoms with Gasteiger partial charge in [0.25, 0.3) is 0 Å². The van der Waals surface area contributed by atoms with E-state index in [2.05, 4.69) is 10.6 Å². The van der Waals surface area contributed by atoms with E-state index in [1.807, 2.05) is 0 Å². The number of hydrogen-bond donors (Lipinski definition) is 2. The lowest BCUT2D eigenvalue weighted by atomic mass is 9.78. The number of methoxy groups -OCH3 is 3. The van der Waals surface area contributed by atoms with E-state index in [1.165, 1.54) is 25.3 Å². The molecule has 2 aromatic carbocycles. The molecule has 0 amide bonds. The molecule has 1 aliphatic heterocycles. The van der Waals surface area contributed by atoms with Crippen molar-refractivity contribution in [3.05, 3.63) is 86.2 Å². The Morgan fingerprint density at radius 3 is 2.00 bits per heavy atom. The van der Waals surface area contributed by atoms with Gasteiger partial charge < -0.3 is 24.8 Å². The molecule has 0 fully saturated rings. The molecule has 0 aromatic heterocycles. The molecule has 1 unspecified atom stereocenters. The van der Waals surface area contributed by atoms with Gasteiger partial charge in [-0.15, -0.1) is 0 Å². The molecule has 1 atom stereocenters. The van der Waals surface area contributed by atoms with E-state index in [4.69, 9.17) is 37.4 Å². The van der Waals surface area contributed by atoms with Crippen LogP contribution in [0.15, 0.2) is 65.0 Å². The smallest absolute Gasteiger partial charge is 0.405 e. The van der Waals surface area contributed by atoms with Crippen LogP contribution in [-0.2, 0) is 35.0 Å². The van der Waals surface area contributed by atoms with E-state index in [0.717, 1.165) is 14.2 Å². The standard InChI is InChI=1S/C28H27Cl2F3N2O6/c1-39-21(36)13-20-24(27(38)41-3)25(22-16(29)8-6-9-17(22)30)23(26(37)40-2)19(35-20)12-11-15-7-4-5-10-18(15)34-14-28(31,32)33/h4-10,25,34-35H,11-14H2,1-3H3. The average molecular weight is 615 g/mol. The summed E-state index contributed by atoms with van der Waals surface area (Å²) < 4.78 is 53.5. The molecule has 0 radical (unpaired) electrons. The molecule has 0 saturated heterocycles. The molecule has 2 aromatic rings. The lowest BCUT2D eigenvalue weighted by Gasteiger charge is -2.33. The van der Waals surface area contributed by atoms with Gasteiger partial charge in [0.15, 0.2) is 0 Å². The molecule has 220 valence electrons. The van der Waals surface area contributed by atoms with Crippen molar-refractivity contribution in [2.45, 2.75) is 31.4 Å². The highest BCUT2D eigenvalue weighted by Crippen LogP contribution is 2.46. The SMILES string of the molecule is COC(=O)CC1=C(C(=O)OC)C(c2c(Cl)cccc2Cl)C(C(=O)OC)=C(CCc2ccccc2NCC(F)(F)F)N1. The summed E-state index contributed by atoms with van der Waals surface area (Å²) in [6.07, 6.45) is -4.61. The van der Waals surface area contributed by atoms with Gasteiger partial charge in [-0.3, -0.25) is 4.79 Å². The van der Waals surface area contributed by atoms with Crippen LogP contribution >= 0.6 is 23.2 Å². The van der Waals surface area contributed by atoms with Crippen LogP contribution < -0.4 is 10.6 Å². The van der Waals surface area contributed by atoms with Gasteiger partial charge in [-0.2, -0.15) is 13.2 Å². The fraction of sp³-hybridized carbons (Fsp3) is 0.321. The van der Waals surface area contributed by atoms with Crippen LogP contribution in [0.4, 0.5) is 18.9 Å². The largest absolute Gasteiger partial charge is 0.469 e. The fourth-order valence-electron chi connectivity index (χ4n) is 4.51. The first-order chi connectivity index (χ1) is 19.4. The molecular weight excluding hydrogens is 588 g/mol. The zero-order chi connectivity index (χ0) is 30.3. The van der Waals surface area contributed by atoms with Crippen LogP contribution in [-0.4, -0.2) is 52.0 Å². The number of halogens is 5. The van der Waals surface area contributed by atoms with Gasteiger partial charge in [-0.1, -0.05) is 47.5 Å². The first-order valence-corrected chi connectivity index (χ1v) is 13.0. The Morgan fingerprint density at radius 2 is 1.44 bits per heavy atom. The summed E-state index contributed by atoms with van der Waals surface area (Å²) in [6, 6.07) is 11.0. The number of alkyl halides is 3. The van der Waals surface area contributed by atoms with E-state index >= 15 is 0 Å². The highest BCUT2D eigenvalue weighted by molar-refractivity contribution is 6.36. The van der Waals surface area contributed by atoms with Crippen LogP contribution in [0.1, 0.15) is 29.9 Å². The lowest BCUT2D eigenvalue weighted by Crippen LogP contribution is -2.35. The summed E-state index contributed by atoms with van der Waals surface area (Å²) in [4.78, 5) is 38.8. The molecule has 1 heterocycles. The minimum atomic E-state index is -4.43. The molecule has 8 nitrogen and oxygen atoms in total. The quantitative estimate of drug-likeness (QED) is 0.259. The molecule has 1 aliphatic rings. The molecular formula is C28H27Cl2F3N2O6. The van der Waals surface area contributed by atoms with Crippen LogP contribution in [0.5, 0.6) is 0 Å². The minimum Gasteiger partial charge on any atom is -0.469 e. The predicted molar refractivity (Wildman–Crippen MR) is 146 cm³/mol. The Labute approximate surface area is 244 Å². The normalized spacial score (nSPS) is 15.3. The summed E-state index contributed by atoms with van der Waals surface area (Å²) in [6.45, 7) is -1.24. The Hall–Kier alpha value is -3.70. The van der Waals surface area contributed by atoms with E-state index in [1.54, 1.807) is 24.3 Å². The van der Waals surface area contributed by atoms with Crippen molar-refractivity contribution in [3.63, 3.8) is 0 Å². The Balaban J connectivity index is 2.20. The zero-order valence-electron chi connectivity index (χ0n) is 22.3. The van der Waals surface area contributed by atoms with E-state index in [0.29, 0.717) is 5.56 Å². The molecule has 0 spiro atoms. The second-order valence-electron chi connectivity index (χ2n) is 8.84. The monoisotopic (exact) mass is 614 g/mol. The number of para-hydroxylation sites is 1. The summed E-state index contributed by atoms with van der Waals surface area (Å²) >= 11 is 13.1. The molecule has 2 N–H and O–H groups in total. The first-order valence-electron chi connectivity index (χ1n) is 12.2. The number of nitrogens with one attached hydrogen (secondary N) is 2. The molecule has 0 aliphatic carbocycles. The number of rotatable bonds is 10. The molecule has 0 bridgehead atoms. The second-order valence-corrected chi connectivity index (χ2v) is 9.65. The molecule has 41 heavy (non-hydrogen) atoms. The Morgan fingerprint density at radius 1 is 0.854 bits per heavy atom. The van der Waals surface area contributed by atoms with Crippen molar-refractivity contribution in [3.8, 4) is 0 Å². The third-order valence-electron chi connectivity index (χ3n) is 6.32. The van der Waals surface area contributed by atoms with Crippen molar-refractivity contribution < 1.29 is 41.8 Å². The molecule has 0 saturated carbocycles. The van der Waals surface area contributed by atoms with Gasteiger partial charge in [0.2, 0.25) is 0 Å². The Bertz CT molecular complexity index is 1370. The first kappa shape index (κ1) is 31.8. The lowest BCUT2D eigenvalue weighted by molar-refractivity contribution is -0.140. The van der Waals surface area contributed by atoms with E-state index in [9.17, 15) is 27.6 Å². The van der Waals surface area contributed by atoms with Gasteiger partial charge in [0.1, 0.15) is 6.54 Å². The highest BCUT2D eigenvalue weighted by atomic mass is 35.5. The van der Waals surface area contributed by atoms with Crippen LogP contribution in [0.2, 0.25) is 10.0 Å². The van der Waals surface area contributed by atoms with Crippen LogP contribution in [0.25, 0.3) is 0 Å². The molecule has 3 rings (SSSR count). The number of hydrogen-bond acceptors (Lipinski definition) is 8. The van der Waals surface area contributed by atoms with Crippen molar-refractivity contribution in [2.24, 2.45) is 0 Å². The van der Waals surface area contributed by atoms with Crippen LogP contribution in [0, 0.1) is 0 Å². The average Bonchev–Trinajstić information content (AvgIpc) is 2.93. The van der Waals surface area contributed by atoms with Crippen molar-refractivity contribution >= 4 is 46.8 Å². The Kier molecular flexibility index (Phi) is 10.7. The van der Waals surface area contributed by atoms with E-state index in [-0.39, 0.29) is 56.7 Å². The van der Waals surface area contributed by atoms with Gasteiger partial charge in [-0.25, -0.2) is 9.59 Å². The minimum absolute atomic E-state index is 0.0303. The topological polar surface area (TPSA) is 103 Å². The van der Waals surface area contributed by atoms with Crippen molar-refractivity contribution in [2.75, 3.05) is 33.2 Å². The maximum absolute atomic E-state index is 13.3. The number of esters is 3. The third kappa shape index (κ3) is 7.74. The van der Waals surface area contributed by atoms with Crippen molar-refractivity contribution in [1.82, 2.24) is 5.32 Å². The van der Waals surface area contributed by atoms with Crippen LogP contribution in [0.3, 0.4) is 0 Å².